The van der Waals surface area contributed by atoms with Crippen LogP contribution in [0.1, 0.15) is 19.4 Å². The molecule has 0 saturated carbocycles. The second-order valence-electron chi connectivity index (χ2n) is 3.66. The molecule has 0 aromatic carbocycles. The lowest BCUT2D eigenvalue weighted by molar-refractivity contribution is 0.0250. The van der Waals surface area contributed by atoms with E-state index in [0.29, 0.717) is 12.0 Å². The van der Waals surface area contributed by atoms with Crippen LogP contribution in [0.4, 0.5) is 5.69 Å². The van der Waals surface area contributed by atoms with E-state index >= 15 is 0 Å². The van der Waals surface area contributed by atoms with Crippen LogP contribution in [0.2, 0.25) is 0 Å². The van der Waals surface area contributed by atoms with E-state index in [0.717, 1.165) is 25.3 Å². The van der Waals surface area contributed by atoms with Gasteiger partial charge in [-0.2, -0.15) is 5.10 Å². The summed E-state index contributed by atoms with van der Waals surface area (Å²) < 4.78 is 7.33. The Labute approximate surface area is 77.7 Å². The fourth-order valence-electron chi connectivity index (χ4n) is 1.80. The lowest BCUT2D eigenvalue weighted by atomic mass is 9.98. The molecule has 72 valence electrons. The Bertz CT molecular complexity index is 284. The summed E-state index contributed by atoms with van der Waals surface area (Å²) in [7, 11) is 0. The first-order valence-electron chi connectivity index (χ1n) is 4.65. The van der Waals surface area contributed by atoms with Crippen molar-refractivity contribution in [1.29, 1.82) is 0 Å². The molecule has 1 aromatic rings. The standard InChI is InChI=1S/C9H15N3O/c1-7-6-13-3-2-9(7)12-5-8(10)4-11-12/h4-5,7,9H,2-3,6,10H2,1H3/t7?,9-/m0/s1. The molecule has 4 heteroatoms. The van der Waals surface area contributed by atoms with Crippen LogP contribution in [0.5, 0.6) is 0 Å². The van der Waals surface area contributed by atoms with Crippen LogP contribution in [0.15, 0.2) is 12.4 Å². The molecule has 0 radical (unpaired) electrons. The Morgan fingerprint density at radius 1 is 1.69 bits per heavy atom. The van der Waals surface area contributed by atoms with Crippen molar-refractivity contribution in [3.8, 4) is 0 Å². The van der Waals surface area contributed by atoms with Gasteiger partial charge in [0.15, 0.2) is 0 Å². The molecule has 13 heavy (non-hydrogen) atoms. The lowest BCUT2D eigenvalue weighted by Crippen LogP contribution is -2.28. The normalized spacial score (nSPS) is 29.0. The average molecular weight is 181 g/mol. The van der Waals surface area contributed by atoms with Gasteiger partial charge in [0.1, 0.15) is 0 Å². The molecule has 1 aromatic heterocycles. The van der Waals surface area contributed by atoms with Crippen molar-refractivity contribution in [2.24, 2.45) is 5.92 Å². The number of nitrogens with two attached hydrogens (primary N) is 1. The van der Waals surface area contributed by atoms with Gasteiger partial charge in [0.25, 0.3) is 0 Å². The summed E-state index contributed by atoms with van der Waals surface area (Å²) in [6, 6.07) is 0.450. The van der Waals surface area contributed by atoms with Crippen LogP contribution in [-0.2, 0) is 4.74 Å². The summed E-state index contributed by atoms with van der Waals surface area (Å²) in [6.45, 7) is 3.83. The number of hydrogen-bond donors (Lipinski definition) is 1. The van der Waals surface area contributed by atoms with Crippen molar-refractivity contribution >= 4 is 5.69 Å². The van der Waals surface area contributed by atoms with Crippen LogP contribution in [0.25, 0.3) is 0 Å². The number of nitrogens with zero attached hydrogens (tertiary/aromatic N) is 2. The van der Waals surface area contributed by atoms with E-state index in [1.54, 1.807) is 6.20 Å². The van der Waals surface area contributed by atoms with Gasteiger partial charge in [-0.15, -0.1) is 0 Å². The average Bonchev–Trinajstić information content (AvgIpc) is 2.53. The van der Waals surface area contributed by atoms with Gasteiger partial charge < -0.3 is 10.5 Å². The molecule has 0 aliphatic carbocycles. The topological polar surface area (TPSA) is 53.1 Å². The lowest BCUT2D eigenvalue weighted by Gasteiger charge is -2.28. The Balaban J connectivity index is 2.14. The Morgan fingerprint density at radius 2 is 2.54 bits per heavy atom. The largest absolute Gasteiger partial charge is 0.396 e. The minimum Gasteiger partial charge on any atom is -0.396 e. The maximum Gasteiger partial charge on any atom is 0.0719 e. The highest BCUT2D eigenvalue weighted by molar-refractivity contribution is 5.30. The molecule has 0 bridgehead atoms. The third-order valence-corrected chi connectivity index (χ3v) is 2.56. The van der Waals surface area contributed by atoms with E-state index in [1.165, 1.54) is 0 Å². The van der Waals surface area contributed by atoms with E-state index in [1.807, 2.05) is 10.9 Å². The number of aromatic nitrogens is 2. The van der Waals surface area contributed by atoms with Gasteiger partial charge in [-0.05, 0) is 6.42 Å². The van der Waals surface area contributed by atoms with Gasteiger partial charge in [0.2, 0.25) is 0 Å². The molecule has 2 rings (SSSR count). The van der Waals surface area contributed by atoms with E-state index in [9.17, 15) is 0 Å². The molecule has 2 atom stereocenters. The van der Waals surface area contributed by atoms with Gasteiger partial charge in [0.05, 0.1) is 24.5 Å². The summed E-state index contributed by atoms with van der Waals surface area (Å²) >= 11 is 0. The van der Waals surface area contributed by atoms with E-state index in [2.05, 4.69) is 12.0 Å². The maximum atomic E-state index is 5.62. The van der Waals surface area contributed by atoms with Crippen molar-refractivity contribution in [2.75, 3.05) is 18.9 Å². The summed E-state index contributed by atoms with van der Waals surface area (Å²) in [6.07, 6.45) is 4.62. The summed E-state index contributed by atoms with van der Waals surface area (Å²) in [4.78, 5) is 0. The Hall–Kier alpha value is -1.03. The predicted octanol–water partition coefficient (Wildman–Crippen LogP) is 1.06. The third-order valence-electron chi connectivity index (χ3n) is 2.56. The van der Waals surface area contributed by atoms with Crippen LogP contribution < -0.4 is 5.73 Å². The molecule has 4 nitrogen and oxygen atoms in total. The quantitative estimate of drug-likeness (QED) is 0.705. The smallest absolute Gasteiger partial charge is 0.0719 e. The fraction of sp³-hybridized carbons (Fsp3) is 0.667. The molecule has 1 saturated heterocycles. The van der Waals surface area contributed by atoms with E-state index < -0.39 is 0 Å². The fourth-order valence-corrected chi connectivity index (χ4v) is 1.80. The Morgan fingerprint density at radius 3 is 3.15 bits per heavy atom. The van der Waals surface area contributed by atoms with Gasteiger partial charge in [-0.25, -0.2) is 0 Å². The summed E-state index contributed by atoms with van der Waals surface area (Å²) in [5.41, 5.74) is 6.35. The molecule has 1 aliphatic heterocycles. The van der Waals surface area contributed by atoms with Crippen LogP contribution in [0, 0.1) is 5.92 Å². The zero-order valence-corrected chi connectivity index (χ0v) is 7.81. The van der Waals surface area contributed by atoms with Crippen molar-refractivity contribution in [2.45, 2.75) is 19.4 Å². The highest BCUT2D eigenvalue weighted by Crippen LogP contribution is 2.26. The molecule has 1 aliphatic rings. The molecular formula is C9H15N3O. The summed E-state index contributed by atoms with van der Waals surface area (Å²) in [5, 5.41) is 4.23. The number of hydrogen-bond acceptors (Lipinski definition) is 3. The maximum absolute atomic E-state index is 5.62. The second kappa shape index (κ2) is 3.38. The van der Waals surface area contributed by atoms with E-state index in [-0.39, 0.29) is 0 Å². The first kappa shape index (κ1) is 8.56. The van der Waals surface area contributed by atoms with Crippen molar-refractivity contribution in [3.63, 3.8) is 0 Å². The summed E-state index contributed by atoms with van der Waals surface area (Å²) in [5.74, 6) is 0.521. The highest BCUT2D eigenvalue weighted by atomic mass is 16.5. The molecule has 0 spiro atoms. The first-order valence-corrected chi connectivity index (χ1v) is 4.65. The number of ether oxygens (including phenoxy) is 1. The molecule has 2 N–H and O–H groups in total. The first-order chi connectivity index (χ1) is 6.27. The second-order valence-corrected chi connectivity index (χ2v) is 3.66. The monoisotopic (exact) mass is 181 g/mol. The number of anilines is 1. The minimum absolute atomic E-state index is 0.450. The SMILES string of the molecule is CC1COCC[C@@H]1n1cc(N)cn1. The minimum atomic E-state index is 0.450. The van der Waals surface area contributed by atoms with Crippen LogP contribution in [-0.4, -0.2) is 23.0 Å². The molecule has 0 amide bonds. The van der Waals surface area contributed by atoms with Crippen molar-refractivity contribution in [1.82, 2.24) is 9.78 Å². The van der Waals surface area contributed by atoms with E-state index in [4.69, 9.17) is 10.5 Å². The van der Waals surface area contributed by atoms with Gasteiger partial charge in [-0.1, -0.05) is 6.92 Å². The highest BCUT2D eigenvalue weighted by Gasteiger charge is 2.23. The number of nitrogen functional groups attached to an aromatic ring is 1. The third kappa shape index (κ3) is 1.67. The molecule has 2 heterocycles. The predicted molar refractivity (Wildman–Crippen MR) is 50.3 cm³/mol. The van der Waals surface area contributed by atoms with Gasteiger partial charge in [-0.3, -0.25) is 4.68 Å². The zero-order chi connectivity index (χ0) is 9.26. The zero-order valence-electron chi connectivity index (χ0n) is 7.81. The van der Waals surface area contributed by atoms with Gasteiger partial charge >= 0.3 is 0 Å². The molecular weight excluding hydrogens is 166 g/mol. The molecule has 1 unspecified atom stereocenters. The van der Waals surface area contributed by atoms with Crippen LogP contribution >= 0.6 is 0 Å². The van der Waals surface area contributed by atoms with Gasteiger partial charge in [0, 0.05) is 18.7 Å². The number of rotatable bonds is 1. The van der Waals surface area contributed by atoms with Crippen LogP contribution in [0.3, 0.4) is 0 Å². The Kier molecular flexibility index (Phi) is 2.22. The van der Waals surface area contributed by atoms with Crippen molar-refractivity contribution in [3.05, 3.63) is 12.4 Å². The van der Waals surface area contributed by atoms with Crippen molar-refractivity contribution < 1.29 is 4.74 Å². The molecule has 1 fully saturated rings.